The second-order valence-corrected chi connectivity index (χ2v) is 9.54. The molecule has 5 nitrogen and oxygen atoms in total. The second kappa shape index (κ2) is 8.58. The van der Waals surface area contributed by atoms with Crippen molar-refractivity contribution in [2.24, 2.45) is 14.1 Å². The molecule has 0 saturated heterocycles. The van der Waals surface area contributed by atoms with Gasteiger partial charge in [0.1, 0.15) is 4.87 Å². The number of hydrogen-bond donors (Lipinski definition) is 0. The number of aromatic nitrogens is 4. The van der Waals surface area contributed by atoms with Crippen LogP contribution < -0.4 is 5.69 Å². The summed E-state index contributed by atoms with van der Waals surface area (Å²) < 4.78 is 3.41. The number of benzene rings is 3. The third-order valence-corrected chi connectivity index (χ3v) is 7.13. The van der Waals surface area contributed by atoms with Gasteiger partial charge < -0.3 is 4.57 Å². The van der Waals surface area contributed by atoms with E-state index in [1.54, 1.807) is 31.7 Å². The molecular formula is C26H19Cl3N4O. The number of imidazole rings is 1. The smallest absolute Gasteiger partial charge is 0.336 e. The van der Waals surface area contributed by atoms with Crippen molar-refractivity contribution in [2.75, 3.05) is 0 Å². The minimum absolute atomic E-state index is 0.350. The van der Waals surface area contributed by atoms with E-state index in [0.29, 0.717) is 15.7 Å². The fraction of sp³-hybridized carbons (Fsp3) is 0.115. The van der Waals surface area contributed by atoms with Gasteiger partial charge in [0.05, 0.1) is 29.4 Å². The van der Waals surface area contributed by atoms with E-state index in [9.17, 15) is 4.79 Å². The summed E-state index contributed by atoms with van der Waals surface area (Å²) in [6, 6.07) is 20.5. The van der Waals surface area contributed by atoms with Crippen molar-refractivity contribution in [2.45, 2.75) is 4.87 Å². The molecule has 170 valence electrons. The summed E-state index contributed by atoms with van der Waals surface area (Å²) >= 11 is 19.9. The Balaban J connectivity index is 1.84. The highest BCUT2D eigenvalue weighted by Crippen LogP contribution is 2.44. The monoisotopic (exact) mass is 508 g/mol. The van der Waals surface area contributed by atoms with Crippen LogP contribution in [0.5, 0.6) is 0 Å². The number of alkyl halides is 1. The molecule has 0 N–H and O–H groups in total. The van der Waals surface area contributed by atoms with E-state index in [2.05, 4.69) is 9.97 Å². The van der Waals surface area contributed by atoms with Crippen LogP contribution in [0.4, 0.5) is 0 Å². The molecule has 1 atom stereocenters. The van der Waals surface area contributed by atoms with Crippen LogP contribution in [0.15, 0.2) is 84.0 Å². The topological polar surface area (TPSA) is 52.7 Å². The van der Waals surface area contributed by atoms with Gasteiger partial charge in [-0.05, 0) is 47.5 Å². The van der Waals surface area contributed by atoms with Gasteiger partial charge in [-0.25, -0.2) is 9.78 Å². The van der Waals surface area contributed by atoms with E-state index in [1.165, 1.54) is 4.57 Å². The lowest BCUT2D eigenvalue weighted by Crippen LogP contribution is -2.26. The van der Waals surface area contributed by atoms with E-state index >= 15 is 0 Å². The van der Waals surface area contributed by atoms with E-state index in [-0.39, 0.29) is 5.69 Å². The Morgan fingerprint density at radius 1 is 0.882 bits per heavy atom. The van der Waals surface area contributed by atoms with Crippen LogP contribution in [0.3, 0.4) is 0 Å². The molecule has 1 unspecified atom stereocenters. The van der Waals surface area contributed by atoms with Crippen molar-refractivity contribution in [1.82, 2.24) is 19.1 Å². The summed E-state index contributed by atoms with van der Waals surface area (Å²) in [4.78, 5) is 20.3. The minimum Gasteiger partial charge on any atom is -0.336 e. The molecule has 8 heteroatoms. The summed E-state index contributed by atoms with van der Waals surface area (Å²) in [5.41, 5.74) is 4.11. The molecule has 0 aliphatic heterocycles. The first kappa shape index (κ1) is 22.7. The predicted octanol–water partition coefficient (Wildman–Crippen LogP) is 6.17. The summed E-state index contributed by atoms with van der Waals surface area (Å²) in [6.07, 6.45) is 3.47. The third kappa shape index (κ3) is 3.70. The highest BCUT2D eigenvalue weighted by molar-refractivity contribution is 6.31. The molecular weight excluding hydrogens is 491 g/mol. The molecule has 5 rings (SSSR count). The average Bonchev–Trinajstić information content (AvgIpc) is 3.27. The number of aryl methyl sites for hydroxylation is 2. The number of rotatable bonds is 4. The SMILES string of the molecule is Cn1cncc1C(Cl)(c1ccc(Cl)cc1)c1ccc2c(c1)c(-c1cccc(Cl)c1)nc(=O)n2C. The Kier molecular flexibility index (Phi) is 5.72. The van der Waals surface area contributed by atoms with Gasteiger partial charge in [-0.1, -0.05) is 53.5 Å². The van der Waals surface area contributed by atoms with E-state index in [1.807, 2.05) is 66.2 Å². The van der Waals surface area contributed by atoms with Crippen LogP contribution >= 0.6 is 34.8 Å². The summed E-state index contributed by atoms with van der Waals surface area (Å²) in [6.45, 7) is 0. The predicted molar refractivity (Wildman–Crippen MR) is 138 cm³/mol. The lowest BCUT2D eigenvalue weighted by Gasteiger charge is -2.29. The van der Waals surface area contributed by atoms with E-state index < -0.39 is 4.87 Å². The molecule has 0 fully saturated rings. The van der Waals surface area contributed by atoms with Gasteiger partial charge >= 0.3 is 5.69 Å². The van der Waals surface area contributed by atoms with Gasteiger partial charge in [0.15, 0.2) is 0 Å². The molecule has 34 heavy (non-hydrogen) atoms. The van der Waals surface area contributed by atoms with Gasteiger partial charge in [-0.15, -0.1) is 11.6 Å². The molecule has 2 aromatic heterocycles. The Morgan fingerprint density at radius 2 is 1.62 bits per heavy atom. The number of hydrogen-bond acceptors (Lipinski definition) is 3. The minimum atomic E-state index is -1.07. The van der Waals surface area contributed by atoms with Gasteiger partial charge in [-0.2, -0.15) is 4.98 Å². The number of fused-ring (bicyclic) bond motifs is 1. The highest BCUT2D eigenvalue weighted by atomic mass is 35.5. The molecule has 0 spiro atoms. The fourth-order valence-electron chi connectivity index (χ4n) is 4.25. The molecule has 0 bridgehead atoms. The molecule has 2 heterocycles. The number of halogens is 3. The standard InChI is InChI=1S/C26H19Cl3N4O/c1-32-15-30-14-23(32)26(29,17-6-9-19(27)10-7-17)18-8-11-22-21(13-18)24(31-25(34)33(22)2)16-4-3-5-20(28)12-16/h3-15H,1-2H3. The van der Waals surface area contributed by atoms with Crippen molar-refractivity contribution in [3.05, 3.63) is 117 Å². The summed E-state index contributed by atoms with van der Waals surface area (Å²) in [7, 11) is 3.60. The molecule has 5 aromatic rings. The number of nitrogens with zero attached hydrogens (tertiary/aromatic N) is 4. The van der Waals surface area contributed by atoms with Crippen LogP contribution in [-0.2, 0) is 19.0 Å². The van der Waals surface area contributed by atoms with Crippen LogP contribution in [0.2, 0.25) is 10.0 Å². The van der Waals surface area contributed by atoms with Gasteiger partial charge in [0, 0.05) is 35.1 Å². The molecule has 3 aromatic carbocycles. The Morgan fingerprint density at radius 3 is 2.29 bits per heavy atom. The van der Waals surface area contributed by atoms with Crippen LogP contribution in [-0.4, -0.2) is 19.1 Å². The first-order chi connectivity index (χ1) is 16.3. The normalized spacial score (nSPS) is 13.2. The maximum atomic E-state index is 12.6. The zero-order valence-corrected chi connectivity index (χ0v) is 20.6. The Labute approximate surface area is 211 Å². The van der Waals surface area contributed by atoms with Gasteiger partial charge in [-0.3, -0.25) is 4.57 Å². The second-order valence-electron chi connectivity index (χ2n) is 8.10. The Hall–Kier alpha value is -3.12. The molecule has 0 amide bonds. The Bertz CT molecular complexity index is 1590. The van der Waals surface area contributed by atoms with E-state index in [0.717, 1.165) is 33.3 Å². The molecule has 0 aliphatic carbocycles. The summed E-state index contributed by atoms with van der Waals surface area (Å²) in [5.74, 6) is 0. The highest BCUT2D eigenvalue weighted by Gasteiger charge is 2.37. The first-order valence-corrected chi connectivity index (χ1v) is 11.6. The largest absolute Gasteiger partial charge is 0.348 e. The van der Waals surface area contributed by atoms with Crippen LogP contribution in [0, 0.1) is 0 Å². The van der Waals surface area contributed by atoms with E-state index in [4.69, 9.17) is 34.8 Å². The van der Waals surface area contributed by atoms with Crippen molar-refractivity contribution >= 4 is 45.7 Å². The molecule has 0 saturated carbocycles. The quantitative estimate of drug-likeness (QED) is 0.272. The third-order valence-electron chi connectivity index (χ3n) is 6.01. The molecule has 0 radical (unpaired) electrons. The lowest BCUT2D eigenvalue weighted by atomic mass is 9.86. The zero-order chi connectivity index (χ0) is 24.0. The van der Waals surface area contributed by atoms with Crippen molar-refractivity contribution in [3.63, 3.8) is 0 Å². The molecule has 0 aliphatic rings. The van der Waals surface area contributed by atoms with Crippen molar-refractivity contribution < 1.29 is 0 Å². The van der Waals surface area contributed by atoms with Crippen molar-refractivity contribution in [3.8, 4) is 11.3 Å². The fourth-order valence-corrected chi connectivity index (χ4v) is 5.00. The zero-order valence-electron chi connectivity index (χ0n) is 18.3. The maximum Gasteiger partial charge on any atom is 0.348 e. The van der Waals surface area contributed by atoms with Crippen LogP contribution in [0.25, 0.3) is 22.2 Å². The first-order valence-electron chi connectivity index (χ1n) is 10.5. The van der Waals surface area contributed by atoms with Gasteiger partial charge in [0.25, 0.3) is 0 Å². The maximum absolute atomic E-state index is 12.6. The average molecular weight is 510 g/mol. The van der Waals surface area contributed by atoms with Crippen LogP contribution in [0.1, 0.15) is 16.8 Å². The van der Waals surface area contributed by atoms with Gasteiger partial charge in [0.2, 0.25) is 0 Å². The summed E-state index contributed by atoms with van der Waals surface area (Å²) in [5, 5.41) is 1.96. The lowest BCUT2D eigenvalue weighted by molar-refractivity contribution is 0.746. The van der Waals surface area contributed by atoms with Crippen molar-refractivity contribution in [1.29, 1.82) is 0 Å².